The first-order valence-corrected chi connectivity index (χ1v) is 10.3. The molecule has 0 heterocycles. The second kappa shape index (κ2) is 7.21. The topological polar surface area (TPSA) is 163 Å². The summed E-state index contributed by atoms with van der Waals surface area (Å²) in [6.45, 7) is 3.31. The first-order chi connectivity index (χ1) is 10.8. The quantitative estimate of drug-likeness (QED) is 0.470. The molecule has 9 nitrogen and oxygen atoms in total. The van der Waals surface area contributed by atoms with Crippen molar-refractivity contribution < 1.29 is 41.8 Å². The van der Waals surface area contributed by atoms with Crippen LogP contribution in [0.4, 0.5) is 0 Å². The van der Waals surface area contributed by atoms with Crippen LogP contribution in [0.15, 0.2) is 45.5 Å². The predicted octanol–water partition coefficient (Wildman–Crippen LogP) is 1.07. The van der Waals surface area contributed by atoms with Crippen molar-refractivity contribution in [2.75, 3.05) is 0 Å². The summed E-state index contributed by atoms with van der Waals surface area (Å²) in [7, 11) is -16.1. The summed E-state index contributed by atoms with van der Waals surface area (Å²) >= 11 is 0. The van der Waals surface area contributed by atoms with Gasteiger partial charge in [0.2, 0.25) is 0 Å². The van der Waals surface area contributed by atoms with Crippen molar-refractivity contribution in [1.29, 1.82) is 0 Å². The maximum atomic E-state index is 11.7. The van der Waals surface area contributed by atoms with Gasteiger partial charge < -0.3 is 2.85 Å². The molecule has 2 rings (SSSR count). The van der Waals surface area contributed by atoms with Crippen LogP contribution in [-0.2, 0) is 30.4 Å². The fourth-order valence-corrected chi connectivity index (χ4v) is 5.95. The summed E-state index contributed by atoms with van der Waals surface area (Å²) in [6.07, 6.45) is 0.869. The van der Waals surface area contributed by atoms with Gasteiger partial charge in [-0.2, -0.15) is 25.3 Å². The summed E-state index contributed by atoms with van der Waals surface area (Å²) in [5.74, 6) is 0. The minimum Gasteiger partial charge on any atom is -1.00 e. The number of benzene rings is 2. The van der Waals surface area contributed by atoms with Gasteiger partial charge in [-0.1, -0.05) is 36.9 Å². The van der Waals surface area contributed by atoms with Gasteiger partial charge >= 0.3 is 37.7 Å². The molecule has 13 heteroatoms. The van der Waals surface area contributed by atoms with E-state index in [2.05, 4.69) is 6.58 Å². The molecule has 0 aliphatic carbocycles. The molecule has 25 heavy (non-hydrogen) atoms. The molecule has 2 aromatic carbocycles. The Morgan fingerprint density at radius 3 is 1.52 bits per heavy atom. The number of fused-ring (bicyclic) bond motifs is 1. The van der Waals surface area contributed by atoms with Crippen LogP contribution in [0.3, 0.4) is 0 Å². The fourth-order valence-electron chi connectivity index (χ4n) is 2.34. The zero-order valence-electron chi connectivity index (χ0n) is 14.3. The Kier molecular flexibility index (Phi) is 6.48. The van der Waals surface area contributed by atoms with Crippen molar-refractivity contribution in [3.8, 4) is 0 Å². The molecule has 2 aromatic rings. The Morgan fingerprint density at radius 2 is 1.16 bits per heavy atom. The molecule has 0 aliphatic rings. The first kappa shape index (κ1) is 22.5. The molecule has 0 spiro atoms. The number of hydrogen-bond donors (Lipinski definition) is 3. The maximum absolute atomic E-state index is 11.7. The molecule has 0 unspecified atom stereocenters. The van der Waals surface area contributed by atoms with Gasteiger partial charge in [0.05, 0.1) is 0 Å². The Morgan fingerprint density at radius 1 is 0.760 bits per heavy atom. The average molecular weight is 436 g/mol. The van der Waals surface area contributed by atoms with Crippen molar-refractivity contribution in [2.45, 2.75) is 14.7 Å². The summed E-state index contributed by atoms with van der Waals surface area (Å²) in [5, 5.41) is -0.505. The molecule has 0 radical (unpaired) electrons. The van der Waals surface area contributed by atoms with Crippen LogP contribution in [0, 0.1) is 0 Å². The van der Waals surface area contributed by atoms with Gasteiger partial charge in [0.25, 0.3) is 30.4 Å². The monoisotopic (exact) mass is 436 g/mol. The molecule has 0 saturated heterocycles. The third-order valence-corrected chi connectivity index (χ3v) is 6.16. The molecule has 0 fully saturated rings. The van der Waals surface area contributed by atoms with Gasteiger partial charge in [-0.25, -0.2) is 0 Å². The van der Waals surface area contributed by atoms with Crippen LogP contribution in [0.25, 0.3) is 16.8 Å². The largest absolute Gasteiger partial charge is 2.00 e. The van der Waals surface area contributed by atoms with Crippen LogP contribution < -0.4 is 0 Å². The molecule has 0 amide bonds. The van der Waals surface area contributed by atoms with E-state index in [1.807, 2.05) is 0 Å². The minimum atomic E-state index is -5.48. The second-order valence-corrected chi connectivity index (χ2v) is 8.65. The van der Waals surface area contributed by atoms with Crippen molar-refractivity contribution in [2.24, 2.45) is 0 Å². The van der Waals surface area contributed by atoms with E-state index in [0.29, 0.717) is 0 Å². The van der Waals surface area contributed by atoms with Crippen LogP contribution in [0.2, 0.25) is 0 Å². The zero-order valence-corrected chi connectivity index (χ0v) is 17.0. The maximum Gasteiger partial charge on any atom is 2.00 e. The Labute approximate surface area is 176 Å². The predicted molar refractivity (Wildman–Crippen MR) is 91.5 cm³/mol. The van der Waals surface area contributed by atoms with E-state index in [1.165, 1.54) is 18.2 Å². The molecule has 0 atom stereocenters. The Balaban J connectivity index is 0. The average Bonchev–Trinajstić information content (AvgIpc) is 2.41. The van der Waals surface area contributed by atoms with E-state index in [4.69, 9.17) is 0 Å². The molecule has 0 saturated carbocycles. The van der Waals surface area contributed by atoms with Crippen molar-refractivity contribution in [3.63, 3.8) is 0 Å². The molecule has 0 aliphatic heterocycles. The third kappa shape index (κ3) is 4.23. The molecule has 0 bridgehead atoms. The smallest absolute Gasteiger partial charge is 1.00 e. The van der Waals surface area contributed by atoms with Gasteiger partial charge in [-0.3, -0.25) is 13.7 Å². The number of rotatable bonds is 4. The van der Waals surface area contributed by atoms with E-state index < -0.39 is 50.6 Å². The van der Waals surface area contributed by atoms with Crippen molar-refractivity contribution in [1.82, 2.24) is 0 Å². The van der Waals surface area contributed by atoms with E-state index in [9.17, 15) is 38.9 Å². The molecule has 134 valence electrons. The van der Waals surface area contributed by atoms with Crippen LogP contribution in [-0.4, -0.2) is 76.6 Å². The molecule has 3 N–H and O–H groups in total. The van der Waals surface area contributed by atoms with E-state index in [-0.39, 0.29) is 51.4 Å². The van der Waals surface area contributed by atoms with Gasteiger partial charge in [-0.05, 0) is 5.39 Å². The van der Waals surface area contributed by atoms with E-state index in [0.717, 1.165) is 12.1 Å². The second-order valence-electron chi connectivity index (χ2n) is 4.58. The summed E-state index contributed by atoms with van der Waals surface area (Å²) in [4.78, 5) is -4.41. The summed E-state index contributed by atoms with van der Waals surface area (Å²) in [6, 6.07) is 4.99. The van der Waals surface area contributed by atoms with Crippen molar-refractivity contribution >= 4 is 84.9 Å². The van der Waals surface area contributed by atoms with Crippen LogP contribution in [0.1, 0.15) is 8.42 Å². The SMILES string of the molecule is C=Cc1c(S(=O)(=O)O)c(S(=O)(=O)O)c(S(=O)(=O)O)c2ccccc12.[Ca+2].[H-].[H-]. The normalized spacial score (nSPS) is 12.6. The van der Waals surface area contributed by atoms with Gasteiger partial charge in [0.1, 0.15) is 14.7 Å². The summed E-state index contributed by atoms with van der Waals surface area (Å²) in [5.41, 5.74) is -0.451. The van der Waals surface area contributed by atoms with E-state index >= 15 is 0 Å². The molecular weight excluding hydrogens is 424 g/mol. The van der Waals surface area contributed by atoms with Crippen molar-refractivity contribution in [3.05, 3.63) is 36.4 Å². The summed E-state index contributed by atoms with van der Waals surface area (Å²) < 4.78 is 98.0. The molecular formula is C12H12CaO9S3. The van der Waals surface area contributed by atoms with Gasteiger partial charge in [0, 0.05) is 10.9 Å². The Bertz CT molecular complexity index is 1190. The fraction of sp³-hybridized carbons (Fsp3) is 0. The van der Waals surface area contributed by atoms with Gasteiger partial charge in [-0.15, -0.1) is 0 Å². The van der Waals surface area contributed by atoms with Gasteiger partial charge in [0.15, 0.2) is 0 Å². The standard InChI is InChI=1S/C12H10O9S3.Ca.2H/c1-2-7-8-5-3-4-6-9(8)11(23(16,17)18)12(24(19,20)21)10(7)22(13,14)15;;;/h2-6H,1H2,(H,13,14,15)(H,16,17,18)(H,19,20,21);;;/q;+2;2*-1. The third-order valence-electron chi connectivity index (χ3n) is 3.10. The number of hydrogen-bond acceptors (Lipinski definition) is 6. The van der Waals surface area contributed by atoms with Crippen LogP contribution >= 0.6 is 0 Å². The van der Waals surface area contributed by atoms with E-state index in [1.54, 1.807) is 0 Å². The first-order valence-electron chi connectivity index (χ1n) is 5.93. The Hall–Kier alpha value is -0.570. The van der Waals surface area contributed by atoms with Crippen LogP contribution in [0.5, 0.6) is 0 Å². The minimum absolute atomic E-state index is 0. The zero-order chi connectivity index (χ0) is 18.5. The molecule has 0 aromatic heterocycles.